The maximum Gasteiger partial charge on any atom is 0.326 e. The molecule has 0 bridgehead atoms. The monoisotopic (exact) mass is 245 g/mol. The molecule has 0 aliphatic rings. The van der Waals surface area contributed by atoms with Crippen LogP contribution < -0.4 is 10.6 Å². The van der Waals surface area contributed by atoms with Crippen LogP contribution in [0.1, 0.15) is 18.1 Å². The Kier molecular flexibility index (Phi) is 3.62. The molecule has 0 radical (unpaired) electrons. The summed E-state index contributed by atoms with van der Waals surface area (Å²) in [4.78, 5) is 11.8. The van der Waals surface area contributed by atoms with E-state index in [9.17, 15) is 4.79 Å². The average molecular weight is 245 g/mol. The van der Waals surface area contributed by atoms with Crippen LogP contribution in [-0.4, -0.2) is 11.2 Å². The predicted octanol–water partition coefficient (Wildman–Crippen LogP) is 3.19. The number of carbonyl (C=O) groups excluding carboxylic acids is 1. The molecule has 0 fully saturated rings. The van der Waals surface area contributed by atoms with E-state index in [0.717, 1.165) is 23.2 Å². The first kappa shape index (κ1) is 12.2. The number of urea groups is 1. The third-order valence-corrected chi connectivity index (χ3v) is 2.65. The van der Waals surface area contributed by atoms with Crippen LogP contribution in [-0.2, 0) is 6.42 Å². The van der Waals surface area contributed by atoms with Gasteiger partial charge in [0.1, 0.15) is 0 Å². The van der Waals surface area contributed by atoms with Gasteiger partial charge in [-0.25, -0.2) is 4.79 Å². The first-order valence-corrected chi connectivity index (χ1v) is 5.78. The van der Waals surface area contributed by atoms with Gasteiger partial charge in [-0.2, -0.15) is 0 Å². The molecule has 0 unspecified atom stereocenters. The number of aryl methyl sites for hydroxylation is 2. The van der Waals surface area contributed by atoms with E-state index in [0.29, 0.717) is 5.88 Å². The summed E-state index contributed by atoms with van der Waals surface area (Å²) in [5.41, 5.74) is 2.97. The van der Waals surface area contributed by atoms with Crippen molar-refractivity contribution in [3.8, 4) is 0 Å². The first-order chi connectivity index (χ1) is 8.70. The molecular weight excluding hydrogens is 230 g/mol. The number of para-hydroxylation sites is 1. The van der Waals surface area contributed by atoms with Crippen LogP contribution in [0.4, 0.5) is 16.4 Å². The van der Waals surface area contributed by atoms with Gasteiger partial charge in [0.15, 0.2) is 0 Å². The molecule has 0 atom stereocenters. The maximum absolute atomic E-state index is 11.8. The Labute approximate surface area is 105 Å². The molecule has 1 heterocycles. The van der Waals surface area contributed by atoms with Crippen molar-refractivity contribution in [3.63, 3.8) is 0 Å². The van der Waals surface area contributed by atoms with Gasteiger partial charge < -0.3 is 9.84 Å². The van der Waals surface area contributed by atoms with Gasteiger partial charge in [0.2, 0.25) is 5.88 Å². The van der Waals surface area contributed by atoms with Gasteiger partial charge in [-0.3, -0.25) is 5.32 Å². The largest absolute Gasteiger partial charge is 0.338 e. The Balaban J connectivity index is 2.11. The zero-order valence-electron chi connectivity index (χ0n) is 10.4. The lowest BCUT2D eigenvalue weighted by molar-refractivity contribution is 0.261. The average Bonchev–Trinajstić information content (AvgIpc) is 2.84. The highest BCUT2D eigenvalue weighted by atomic mass is 16.5. The van der Waals surface area contributed by atoms with Crippen LogP contribution >= 0.6 is 0 Å². The zero-order chi connectivity index (χ0) is 13.0. The van der Waals surface area contributed by atoms with E-state index in [1.165, 1.54) is 6.20 Å². The topological polar surface area (TPSA) is 67.2 Å². The van der Waals surface area contributed by atoms with Crippen LogP contribution in [0.2, 0.25) is 0 Å². The summed E-state index contributed by atoms with van der Waals surface area (Å²) in [6.45, 7) is 4.01. The molecule has 0 spiro atoms. The number of nitrogens with one attached hydrogen (secondary N) is 2. The molecule has 2 rings (SSSR count). The molecule has 1 aromatic heterocycles. The number of nitrogens with zero attached hydrogens (tertiary/aromatic N) is 1. The highest BCUT2D eigenvalue weighted by Crippen LogP contribution is 2.21. The second-order valence-corrected chi connectivity index (χ2v) is 3.92. The minimum Gasteiger partial charge on any atom is -0.338 e. The minimum atomic E-state index is -0.337. The number of carbonyl (C=O) groups is 1. The van der Waals surface area contributed by atoms with Gasteiger partial charge in [-0.05, 0) is 24.5 Å². The highest BCUT2D eigenvalue weighted by Gasteiger charge is 2.09. The third-order valence-electron chi connectivity index (χ3n) is 2.65. The first-order valence-electron chi connectivity index (χ1n) is 5.78. The second-order valence-electron chi connectivity index (χ2n) is 3.92. The van der Waals surface area contributed by atoms with Crippen LogP contribution in [0.5, 0.6) is 0 Å². The van der Waals surface area contributed by atoms with E-state index in [-0.39, 0.29) is 6.03 Å². The Morgan fingerprint density at radius 1 is 1.33 bits per heavy atom. The van der Waals surface area contributed by atoms with Gasteiger partial charge in [0, 0.05) is 11.8 Å². The van der Waals surface area contributed by atoms with E-state index >= 15 is 0 Å². The number of benzene rings is 1. The van der Waals surface area contributed by atoms with Gasteiger partial charge >= 0.3 is 6.03 Å². The smallest absolute Gasteiger partial charge is 0.326 e. The normalized spacial score (nSPS) is 10.1. The van der Waals surface area contributed by atoms with Crippen molar-refractivity contribution in [3.05, 3.63) is 41.6 Å². The van der Waals surface area contributed by atoms with Gasteiger partial charge in [0.05, 0.1) is 6.20 Å². The van der Waals surface area contributed by atoms with Crippen molar-refractivity contribution < 1.29 is 9.32 Å². The summed E-state index contributed by atoms with van der Waals surface area (Å²) in [6, 6.07) is 7.18. The van der Waals surface area contributed by atoms with Gasteiger partial charge in [-0.15, -0.1) is 0 Å². The Bertz CT molecular complexity index is 535. The fourth-order valence-electron chi connectivity index (χ4n) is 1.74. The van der Waals surface area contributed by atoms with Gasteiger partial charge in [-0.1, -0.05) is 30.3 Å². The Hall–Kier alpha value is -2.30. The molecule has 5 nitrogen and oxygen atoms in total. The summed E-state index contributed by atoms with van der Waals surface area (Å²) in [6.07, 6.45) is 2.33. The van der Waals surface area contributed by atoms with Crippen molar-refractivity contribution in [1.29, 1.82) is 0 Å². The standard InChI is InChI=1S/C13H15N3O2/c1-3-10-6-4-5-9(2)12(10)16-13(17)15-11-7-8-14-18-11/h4-8H,3H2,1-2H3,(H2,15,16,17). The van der Waals surface area contributed by atoms with Gasteiger partial charge in [0.25, 0.3) is 0 Å². The minimum absolute atomic E-state index is 0.319. The van der Waals surface area contributed by atoms with Crippen LogP contribution in [0, 0.1) is 6.92 Å². The predicted molar refractivity (Wildman–Crippen MR) is 69.7 cm³/mol. The number of amides is 2. The van der Waals surface area contributed by atoms with E-state index in [1.54, 1.807) is 6.07 Å². The van der Waals surface area contributed by atoms with Crippen molar-refractivity contribution in [2.24, 2.45) is 0 Å². The number of hydrogen-bond donors (Lipinski definition) is 2. The van der Waals surface area contributed by atoms with E-state index in [4.69, 9.17) is 4.52 Å². The molecule has 5 heteroatoms. The van der Waals surface area contributed by atoms with Crippen LogP contribution in [0.15, 0.2) is 35.0 Å². The lowest BCUT2D eigenvalue weighted by atomic mass is 10.1. The summed E-state index contributed by atoms with van der Waals surface area (Å²) in [7, 11) is 0. The Morgan fingerprint density at radius 2 is 2.17 bits per heavy atom. The molecule has 0 aliphatic heterocycles. The SMILES string of the molecule is CCc1cccc(C)c1NC(=O)Nc1ccno1. The van der Waals surface area contributed by atoms with Crippen molar-refractivity contribution >= 4 is 17.6 Å². The zero-order valence-corrected chi connectivity index (χ0v) is 10.4. The van der Waals surface area contributed by atoms with E-state index in [2.05, 4.69) is 15.8 Å². The summed E-state index contributed by atoms with van der Waals surface area (Å²) < 4.78 is 4.81. The molecule has 0 saturated carbocycles. The van der Waals surface area contributed by atoms with Crippen LogP contribution in [0.3, 0.4) is 0 Å². The number of hydrogen-bond acceptors (Lipinski definition) is 3. The summed E-state index contributed by atoms with van der Waals surface area (Å²) in [5.74, 6) is 0.319. The molecule has 18 heavy (non-hydrogen) atoms. The molecule has 2 N–H and O–H groups in total. The van der Waals surface area contributed by atoms with Crippen molar-refractivity contribution in [2.75, 3.05) is 10.6 Å². The molecule has 94 valence electrons. The lowest BCUT2D eigenvalue weighted by Crippen LogP contribution is -2.20. The molecular formula is C13H15N3O2. The van der Waals surface area contributed by atoms with E-state index in [1.807, 2.05) is 32.0 Å². The fourth-order valence-corrected chi connectivity index (χ4v) is 1.74. The summed E-state index contributed by atoms with van der Waals surface area (Å²) in [5, 5.41) is 8.92. The molecule has 0 aliphatic carbocycles. The fraction of sp³-hybridized carbons (Fsp3) is 0.231. The van der Waals surface area contributed by atoms with Crippen molar-refractivity contribution in [2.45, 2.75) is 20.3 Å². The second kappa shape index (κ2) is 5.35. The third kappa shape index (κ3) is 2.68. The quantitative estimate of drug-likeness (QED) is 0.872. The van der Waals surface area contributed by atoms with Crippen molar-refractivity contribution in [1.82, 2.24) is 5.16 Å². The molecule has 0 saturated heterocycles. The molecule has 2 aromatic rings. The lowest BCUT2D eigenvalue weighted by Gasteiger charge is -2.12. The highest BCUT2D eigenvalue weighted by molar-refractivity contribution is 5.99. The summed E-state index contributed by atoms with van der Waals surface area (Å²) >= 11 is 0. The van der Waals surface area contributed by atoms with E-state index < -0.39 is 0 Å². The number of anilines is 2. The maximum atomic E-state index is 11.8. The molecule has 2 amide bonds. The van der Waals surface area contributed by atoms with Crippen LogP contribution in [0.25, 0.3) is 0 Å². The number of aromatic nitrogens is 1. The molecule has 1 aromatic carbocycles. The Morgan fingerprint density at radius 3 is 2.83 bits per heavy atom. The number of rotatable bonds is 3.